The zero-order valence-electron chi connectivity index (χ0n) is 16.3. The van der Waals surface area contributed by atoms with Gasteiger partial charge in [-0.25, -0.2) is 9.98 Å². The first-order valence-electron chi connectivity index (χ1n) is 9.89. The van der Waals surface area contributed by atoms with Crippen LogP contribution in [0.5, 0.6) is 0 Å². The van der Waals surface area contributed by atoms with E-state index in [1.54, 1.807) is 0 Å². The standard InChI is InChI=1S/C21H25N7/c1-15(2)10-12-26-13-23-20-25-19(17-8-5-6-11-22-17)28-18-9-4-3-7-16(18)24-21(28)27(20)14-26/h3-9,11,15,19H,10,12-14H2,1-2H3,(H,23,25)/t19-/m0/s1. The van der Waals surface area contributed by atoms with Crippen molar-refractivity contribution in [3.05, 3.63) is 54.4 Å². The molecule has 144 valence electrons. The number of hydrogen-bond acceptors (Lipinski definition) is 6. The molecule has 0 unspecified atom stereocenters. The predicted molar refractivity (Wildman–Crippen MR) is 111 cm³/mol. The summed E-state index contributed by atoms with van der Waals surface area (Å²) in [6.45, 7) is 7.06. The van der Waals surface area contributed by atoms with Gasteiger partial charge in [-0.1, -0.05) is 32.0 Å². The Hall–Kier alpha value is -2.93. The lowest BCUT2D eigenvalue weighted by Gasteiger charge is -2.41. The monoisotopic (exact) mass is 375 g/mol. The molecule has 1 atom stereocenters. The van der Waals surface area contributed by atoms with Gasteiger partial charge in [-0.15, -0.1) is 0 Å². The largest absolute Gasteiger partial charge is 0.330 e. The van der Waals surface area contributed by atoms with Crippen molar-refractivity contribution in [1.29, 1.82) is 0 Å². The minimum atomic E-state index is -0.124. The van der Waals surface area contributed by atoms with Gasteiger partial charge >= 0.3 is 0 Å². The number of nitrogens with one attached hydrogen (secondary N) is 1. The zero-order valence-corrected chi connectivity index (χ0v) is 16.3. The van der Waals surface area contributed by atoms with Crippen LogP contribution in [0.1, 0.15) is 32.1 Å². The summed E-state index contributed by atoms with van der Waals surface area (Å²) in [6, 6.07) is 14.3. The van der Waals surface area contributed by atoms with Gasteiger partial charge in [0.25, 0.3) is 0 Å². The van der Waals surface area contributed by atoms with E-state index in [4.69, 9.17) is 9.98 Å². The molecule has 0 amide bonds. The fourth-order valence-corrected chi connectivity index (χ4v) is 3.84. The van der Waals surface area contributed by atoms with Crippen LogP contribution in [0.3, 0.4) is 0 Å². The number of nitrogens with zero attached hydrogens (tertiary/aromatic N) is 6. The molecule has 5 rings (SSSR count). The normalized spacial score (nSPS) is 19.3. The summed E-state index contributed by atoms with van der Waals surface area (Å²) in [6.07, 6.45) is 2.87. The molecule has 0 aliphatic carbocycles. The number of anilines is 1. The average Bonchev–Trinajstić information content (AvgIpc) is 3.12. The fraction of sp³-hybridized carbons (Fsp3) is 0.381. The quantitative estimate of drug-likeness (QED) is 0.760. The summed E-state index contributed by atoms with van der Waals surface area (Å²) in [5.41, 5.74) is 3.04. The molecule has 2 aromatic heterocycles. The Morgan fingerprint density at radius 2 is 2.00 bits per heavy atom. The van der Waals surface area contributed by atoms with E-state index in [1.807, 2.05) is 30.5 Å². The molecule has 0 saturated heterocycles. The van der Waals surface area contributed by atoms with Gasteiger partial charge in [0, 0.05) is 12.7 Å². The van der Waals surface area contributed by atoms with Crippen LogP contribution in [0, 0.1) is 5.92 Å². The minimum absolute atomic E-state index is 0.124. The van der Waals surface area contributed by atoms with Crippen LogP contribution in [-0.2, 0) is 0 Å². The predicted octanol–water partition coefficient (Wildman–Crippen LogP) is 3.02. The van der Waals surface area contributed by atoms with E-state index in [0.29, 0.717) is 12.6 Å². The van der Waals surface area contributed by atoms with E-state index in [2.05, 4.69) is 56.7 Å². The Kier molecular flexibility index (Phi) is 4.24. The van der Waals surface area contributed by atoms with Gasteiger partial charge in [-0.3, -0.25) is 19.4 Å². The van der Waals surface area contributed by atoms with Crippen LogP contribution in [0.15, 0.2) is 53.7 Å². The average molecular weight is 375 g/mol. The summed E-state index contributed by atoms with van der Waals surface area (Å²) in [5.74, 6) is 2.48. The SMILES string of the molecule is CC(C)CCN1CN=C2N[C@H](c3ccccn3)n3c(nc4ccccc43)N2C1. The summed E-state index contributed by atoms with van der Waals surface area (Å²) in [4.78, 5) is 18.9. The Morgan fingerprint density at radius 1 is 1.14 bits per heavy atom. The number of para-hydroxylation sites is 2. The number of fused-ring (bicyclic) bond motifs is 5. The Morgan fingerprint density at radius 3 is 2.82 bits per heavy atom. The van der Waals surface area contributed by atoms with E-state index in [0.717, 1.165) is 41.8 Å². The molecule has 1 aromatic carbocycles. The molecule has 0 radical (unpaired) electrons. The number of guanidine groups is 1. The molecule has 7 heteroatoms. The third kappa shape index (κ3) is 2.92. The van der Waals surface area contributed by atoms with E-state index >= 15 is 0 Å². The smallest absolute Gasteiger partial charge is 0.216 e. The zero-order chi connectivity index (χ0) is 19.1. The van der Waals surface area contributed by atoms with Gasteiger partial charge < -0.3 is 5.32 Å². The summed E-state index contributed by atoms with van der Waals surface area (Å²) < 4.78 is 2.24. The molecular formula is C21H25N7. The van der Waals surface area contributed by atoms with E-state index in [9.17, 15) is 0 Å². The lowest BCUT2D eigenvalue weighted by atomic mass is 10.1. The van der Waals surface area contributed by atoms with Crippen molar-refractivity contribution in [2.75, 3.05) is 24.8 Å². The summed E-state index contributed by atoms with van der Waals surface area (Å²) >= 11 is 0. The highest BCUT2D eigenvalue weighted by atomic mass is 15.5. The highest BCUT2D eigenvalue weighted by Crippen LogP contribution is 2.33. The third-order valence-corrected chi connectivity index (χ3v) is 5.35. The van der Waals surface area contributed by atoms with Crippen molar-refractivity contribution < 1.29 is 0 Å². The summed E-state index contributed by atoms with van der Waals surface area (Å²) in [5, 5.41) is 3.60. The molecule has 3 aromatic rings. The second-order valence-electron chi connectivity index (χ2n) is 7.84. The molecule has 4 heterocycles. The van der Waals surface area contributed by atoms with Crippen molar-refractivity contribution >= 4 is 22.9 Å². The number of pyridine rings is 1. The Labute approximate surface area is 164 Å². The fourth-order valence-electron chi connectivity index (χ4n) is 3.84. The molecule has 2 aliphatic heterocycles. The first-order chi connectivity index (χ1) is 13.7. The molecule has 0 bridgehead atoms. The lowest BCUT2D eigenvalue weighted by Crippen LogP contribution is -2.57. The number of benzene rings is 1. The van der Waals surface area contributed by atoms with Gasteiger partial charge in [0.05, 0.1) is 30.1 Å². The van der Waals surface area contributed by atoms with Gasteiger partial charge in [0.1, 0.15) is 0 Å². The van der Waals surface area contributed by atoms with Crippen LogP contribution >= 0.6 is 0 Å². The van der Waals surface area contributed by atoms with E-state index in [-0.39, 0.29) is 6.17 Å². The molecule has 0 fully saturated rings. The Bertz CT molecular complexity index is 1010. The number of aliphatic imine (C=N–C) groups is 1. The molecule has 1 N–H and O–H groups in total. The summed E-state index contributed by atoms with van der Waals surface area (Å²) in [7, 11) is 0. The van der Waals surface area contributed by atoms with Crippen molar-refractivity contribution in [2.45, 2.75) is 26.4 Å². The number of hydrogen-bond donors (Lipinski definition) is 1. The van der Waals surface area contributed by atoms with Crippen molar-refractivity contribution in [3.63, 3.8) is 0 Å². The maximum Gasteiger partial charge on any atom is 0.216 e. The second-order valence-corrected chi connectivity index (χ2v) is 7.84. The van der Waals surface area contributed by atoms with E-state index < -0.39 is 0 Å². The van der Waals surface area contributed by atoms with E-state index in [1.165, 1.54) is 6.42 Å². The van der Waals surface area contributed by atoms with Crippen LogP contribution in [0.4, 0.5) is 5.95 Å². The maximum absolute atomic E-state index is 4.96. The number of rotatable bonds is 4. The molecule has 2 aliphatic rings. The van der Waals surface area contributed by atoms with Crippen molar-refractivity contribution in [3.8, 4) is 0 Å². The van der Waals surface area contributed by atoms with Gasteiger partial charge in [-0.05, 0) is 36.6 Å². The molecular weight excluding hydrogens is 350 g/mol. The lowest BCUT2D eigenvalue weighted by molar-refractivity contribution is 0.256. The third-order valence-electron chi connectivity index (χ3n) is 5.35. The number of aromatic nitrogens is 3. The minimum Gasteiger partial charge on any atom is -0.330 e. The highest BCUT2D eigenvalue weighted by Gasteiger charge is 2.36. The maximum atomic E-state index is 4.96. The van der Waals surface area contributed by atoms with Gasteiger partial charge in [-0.2, -0.15) is 0 Å². The highest BCUT2D eigenvalue weighted by molar-refractivity contribution is 5.98. The van der Waals surface area contributed by atoms with Crippen LogP contribution in [0.25, 0.3) is 11.0 Å². The molecule has 0 saturated carbocycles. The first kappa shape index (κ1) is 17.2. The first-order valence-corrected chi connectivity index (χ1v) is 9.89. The van der Waals surface area contributed by atoms with Crippen LogP contribution in [0.2, 0.25) is 0 Å². The van der Waals surface area contributed by atoms with Gasteiger partial charge in [0.2, 0.25) is 11.9 Å². The number of imidazole rings is 1. The van der Waals surface area contributed by atoms with Crippen LogP contribution in [-0.4, -0.2) is 45.3 Å². The van der Waals surface area contributed by atoms with Gasteiger partial charge in [0.15, 0.2) is 6.17 Å². The van der Waals surface area contributed by atoms with Crippen molar-refractivity contribution in [1.82, 2.24) is 24.8 Å². The van der Waals surface area contributed by atoms with Crippen molar-refractivity contribution in [2.24, 2.45) is 10.9 Å². The Balaban J connectivity index is 1.58. The molecule has 0 spiro atoms. The topological polar surface area (TPSA) is 61.6 Å². The van der Waals surface area contributed by atoms with Crippen LogP contribution < -0.4 is 10.2 Å². The molecule has 7 nitrogen and oxygen atoms in total. The molecule has 28 heavy (non-hydrogen) atoms. The second kappa shape index (κ2) is 6.91.